The van der Waals surface area contributed by atoms with Gasteiger partial charge in [-0.05, 0) is 36.2 Å². The molecule has 0 atom stereocenters. The molecule has 0 radical (unpaired) electrons. The van der Waals surface area contributed by atoms with E-state index in [1.807, 2.05) is 0 Å². The fraction of sp³-hybridized carbons (Fsp3) is 0.188. The Bertz CT molecular complexity index is 700. The van der Waals surface area contributed by atoms with Crippen LogP contribution in [-0.4, -0.2) is 12.7 Å². The monoisotopic (exact) mass is 287 g/mol. The Kier molecular flexibility index (Phi) is 3.48. The Balaban J connectivity index is 1.72. The molecule has 0 bridgehead atoms. The van der Waals surface area contributed by atoms with Crippen molar-refractivity contribution in [3.8, 4) is 11.5 Å². The highest BCUT2D eigenvalue weighted by molar-refractivity contribution is 5.97. The topological polar surface area (TPSA) is 47.6 Å². The van der Waals surface area contributed by atoms with Crippen LogP contribution >= 0.6 is 0 Å². The highest BCUT2D eigenvalue weighted by atomic mass is 19.1. The van der Waals surface area contributed by atoms with E-state index in [-0.39, 0.29) is 18.5 Å². The number of carbonyl (C=O) groups is 1. The number of benzene rings is 2. The van der Waals surface area contributed by atoms with Gasteiger partial charge in [-0.15, -0.1) is 0 Å². The summed E-state index contributed by atoms with van der Waals surface area (Å²) >= 11 is 0. The number of amides is 1. The molecule has 4 nitrogen and oxygen atoms in total. The van der Waals surface area contributed by atoms with Gasteiger partial charge in [-0.3, -0.25) is 4.79 Å². The van der Waals surface area contributed by atoms with Gasteiger partial charge in [-0.2, -0.15) is 0 Å². The third kappa shape index (κ3) is 2.67. The van der Waals surface area contributed by atoms with Crippen LogP contribution in [0.15, 0.2) is 36.4 Å². The lowest BCUT2D eigenvalue weighted by Crippen LogP contribution is -2.23. The third-order valence-electron chi connectivity index (χ3n) is 3.32. The van der Waals surface area contributed by atoms with Crippen molar-refractivity contribution < 1.29 is 18.7 Å². The van der Waals surface area contributed by atoms with Gasteiger partial charge < -0.3 is 14.8 Å². The highest BCUT2D eigenvalue weighted by Crippen LogP contribution is 2.35. The number of hydrogen-bond donors (Lipinski definition) is 1. The predicted molar refractivity (Wildman–Crippen MR) is 74.9 cm³/mol. The smallest absolute Gasteiger partial charge is 0.255 e. The number of para-hydroxylation sites is 1. The van der Waals surface area contributed by atoms with Crippen LogP contribution in [0.4, 0.5) is 4.39 Å². The van der Waals surface area contributed by atoms with Crippen LogP contribution in [0.3, 0.4) is 0 Å². The van der Waals surface area contributed by atoms with Crippen LogP contribution in [0.1, 0.15) is 21.5 Å². The molecule has 3 rings (SSSR count). The lowest BCUT2D eigenvalue weighted by atomic mass is 10.1. The van der Waals surface area contributed by atoms with Gasteiger partial charge in [0.1, 0.15) is 5.82 Å². The normalized spacial score (nSPS) is 12.3. The molecule has 21 heavy (non-hydrogen) atoms. The first-order valence-corrected chi connectivity index (χ1v) is 6.57. The molecule has 2 aromatic rings. The van der Waals surface area contributed by atoms with Gasteiger partial charge in [0.05, 0.1) is 5.56 Å². The largest absolute Gasteiger partial charge is 0.454 e. The second-order valence-electron chi connectivity index (χ2n) is 4.81. The number of fused-ring (bicyclic) bond motifs is 1. The average molecular weight is 287 g/mol. The Labute approximate surface area is 121 Å². The van der Waals surface area contributed by atoms with Gasteiger partial charge >= 0.3 is 0 Å². The summed E-state index contributed by atoms with van der Waals surface area (Å²) < 4.78 is 23.7. The maximum Gasteiger partial charge on any atom is 0.255 e. The maximum absolute atomic E-state index is 13.2. The first kappa shape index (κ1) is 13.4. The zero-order valence-electron chi connectivity index (χ0n) is 11.5. The van der Waals surface area contributed by atoms with Gasteiger partial charge in [0.15, 0.2) is 11.5 Å². The minimum Gasteiger partial charge on any atom is -0.454 e. The van der Waals surface area contributed by atoms with Gasteiger partial charge in [0, 0.05) is 6.54 Å². The van der Waals surface area contributed by atoms with Crippen LogP contribution in [0.5, 0.6) is 11.5 Å². The number of hydrogen-bond acceptors (Lipinski definition) is 3. The van der Waals surface area contributed by atoms with Crippen LogP contribution in [-0.2, 0) is 6.54 Å². The molecule has 0 aliphatic carbocycles. The summed E-state index contributed by atoms with van der Waals surface area (Å²) in [7, 11) is 0. The molecular formula is C16H14FNO3. The lowest BCUT2D eigenvalue weighted by molar-refractivity contribution is 0.0946. The molecular weight excluding hydrogens is 273 g/mol. The Morgan fingerprint density at radius 2 is 2.14 bits per heavy atom. The minimum atomic E-state index is -0.253. The molecule has 1 N–H and O–H groups in total. The third-order valence-corrected chi connectivity index (χ3v) is 3.32. The molecule has 1 heterocycles. The summed E-state index contributed by atoms with van der Waals surface area (Å²) in [6.07, 6.45) is 0. The van der Waals surface area contributed by atoms with E-state index >= 15 is 0 Å². The molecule has 0 fully saturated rings. The maximum atomic E-state index is 13.2. The molecule has 2 aromatic carbocycles. The van der Waals surface area contributed by atoms with Crippen LogP contribution in [0.2, 0.25) is 0 Å². The van der Waals surface area contributed by atoms with E-state index in [0.717, 1.165) is 5.56 Å². The van der Waals surface area contributed by atoms with Gasteiger partial charge in [-0.1, -0.05) is 18.2 Å². The second-order valence-corrected chi connectivity index (χ2v) is 4.81. The van der Waals surface area contributed by atoms with Crippen molar-refractivity contribution >= 4 is 5.91 Å². The number of rotatable bonds is 3. The standard InChI is InChI=1S/C16H14FNO3/c1-10-7-11(5-6-13(10)17)8-18-16(19)12-3-2-4-14-15(12)21-9-20-14/h2-7H,8-9H2,1H3,(H,18,19). The van der Waals surface area contributed by atoms with Crippen molar-refractivity contribution in [3.63, 3.8) is 0 Å². The lowest BCUT2D eigenvalue weighted by Gasteiger charge is -2.08. The van der Waals surface area contributed by atoms with Crippen molar-refractivity contribution in [3.05, 3.63) is 58.9 Å². The molecule has 1 amide bonds. The van der Waals surface area contributed by atoms with E-state index < -0.39 is 0 Å². The van der Waals surface area contributed by atoms with E-state index in [1.54, 1.807) is 37.3 Å². The van der Waals surface area contributed by atoms with Crippen LogP contribution < -0.4 is 14.8 Å². The van der Waals surface area contributed by atoms with Crippen molar-refractivity contribution in [1.29, 1.82) is 0 Å². The molecule has 1 aliphatic rings. The zero-order chi connectivity index (χ0) is 14.8. The second kappa shape index (κ2) is 5.44. The number of ether oxygens (including phenoxy) is 2. The SMILES string of the molecule is Cc1cc(CNC(=O)c2cccc3c2OCO3)ccc1F. The van der Waals surface area contributed by atoms with Gasteiger partial charge in [0.2, 0.25) is 6.79 Å². The predicted octanol–water partition coefficient (Wildman–Crippen LogP) is 2.79. The molecule has 0 spiro atoms. The quantitative estimate of drug-likeness (QED) is 0.944. The molecule has 0 saturated carbocycles. The highest BCUT2D eigenvalue weighted by Gasteiger charge is 2.21. The first-order valence-electron chi connectivity index (χ1n) is 6.57. The summed E-state index contributed by atoms with van der Waals surface area (Å²) in [6, 6.07) is 9.93. The fourth-order valence-electron chi connectivity index (χ4n) is 2.20. The van der Waals surface area contributed by atoms with E-state index in [9.17, 15) is 9.18 Å². The number of nitrogens with one attached hydrogen (secondary N) is 1. The van der Waals surface area contributed by atoms with E-state index in [4.69, 9.17) is 9.47 Å². The fourth-order valence-corrected chi connectivity index (χ4v) is 2.20. The van der Waals surface area contributed by atoms with Gasteiger partial charge in [0.25, 0.3) is 5.91 Å². The Morgan fingerprint density at radius 1 is 1.29 bits per heavy atom. The summed E-state index contributed by atoms with van der Waals surface area (Å²) in [6.45, 7) is 2.14. The molecule has 0 aromatic heterocycles. The van der Waals surface area contributed by atoms with Crippen LogP contribution in [0.25, 0.3) is 0 Å². The molecule has 108 valence electrons. The molecule has 5 heteroatoms. The van der Waals surface area contributed by atoms with Crippen molar-refractivity contribution in [2.75, 3.05) is 6.79 Å². The van der Waals surface area contributed by atoms with Crippen LogP contribution in [0, 0.1) is 12.7 Å². The summed E-state index contributed by atoms with van der Waals surface area (Å²) in [5.74, 6) is 0.529. The zero-order valence-corrected chi connectivity index (χ0v) is 11.5. The first-order chi connectivity index (χ1) is 10.1. The summed E-state index contributed by atoms with van der Waals surface area (Å²) in [5, 5.41) is 2.79. The average Bonchev–Trinajstić information content (AvgIpc) is 2.96. The number of halogens is 1. The number of carbonyl (C=O) groups excluding carboxylic acids is 1. The Morgan fingerprint density at radius 3 is 2.95 bits per heavy atom. The summed E-state index contributed by atoms with van der Waals surface area (Å²) in [5.41, 5.74) is 1.83. The molecule has 1 aliphatic heterocycles. The Hall–Kier alpha value is -2.56. The summed E-state index contributed by atoms with van der Waals surface area (Å²) in [4.78, 5) is 12.2. The van der Waals surface area contributed by atoms with Crippen molar-refractivity contribution in [2.45, 2.75) is 13.5 Å². The van der Waals surface area contributed by atoms with Crippen molar-refractivity contribution in [1.82, 2.24) is 5.32 Å². The number of aryl methyl sites for hydroxylation is 1. The van der Waals surface area contributed by atoms with Crippen molar-refractivity contribution in [2.24, 2.45) is 0 Å². The van der Waals surface area contributed by atoms with Gasteiger partial charge in [-0.25, -0.2) is 4.39 Å². The van der Waals surface area contributed by atoms with E-state index in [2.05, 4.69) is 5.32 Å². The van der Waals surface area contributed by atoms with E-state index in [1.165, 1.54) is 6.07 Å². The van der Waals surface area contributed by atoms with E-state index in [0.29, 0.717) is 29.2 Å². The molecule has 0 unspecified atom stereocenters. The minimum absolute atomic E-state index is 0.122. The molecule has 0 saturated heterocycles.